The summed E-state index contributed by atoms with van der Waals surface area (Å²) in [6.07, 6.45) is 1.50. The number of nitro groups is 1. The van der Waals surface area contributed by atoms with Crippen molar-refractivity contribution in [2.24, 2.45) is 0 Å². The SMILES string of the molecule is CC(C)(C)OC(=O)N1CCc2ncc(NC(=O)c3cc(F)ccc3[N+](=O)[O-])cc2C1. The maximum Gasteiger partial charge on any atom is 0.410 e. The number of anilines is 1. The van der Waals surface area contributed by atoms with E-state index in [-0.39, 0.29) is 12.2 Å². The lowest BCUT2D eigenvalue weighted by molar-refractivity contribution is -0.385. The van der Waals surface area contributed by atoms with Crippen LogP contribution in [0.4, 0.5) is 20.6 Å². The largest absolute Gasteiger partial charge is 0.444 e. The lowest BCUT2D eigenvalue weighted by atomic mass is 10.1. The van der Waals surface area contributed by atoms with Crippen molar-refractivity contribution < 1.29 is 23.6 Å². The summed E-state index contributed by atoms with van der Waals surface area (Å²) in [4.78, 5) is 41.0. The number of ether oxygens (including phenoxy) is 1. The lowest BCUT2D eigenvalue weighted by Gasteiger charge is -2.31. The third-order valence-electron chi connectivity index (χ3n) is 4.35. The Kier molecular flexibility index (Phi) is 5.68. The molecule has 1 aromatic carbocycles. The molecule has 0 radical (unpaired) electrons. The van der Waals surface area contributed by atoms with Crippen molar-refractivity contribution in [2.75, 3.05) is 11.9 Å². The zero-order chi connectivity index (χ0) is 22.1. The first-order valence-electron chi connectivity index (χ1n) is 9.24. The molecule has 30 heavy (non-hydrogen) atoms. The highest BCUT2D eigenvalue weighted by Gasteiger charge is 2.27. The van der Waals surface area contributed by atoms with Crippen LogP contribution in [0, 0.1) is 15.9 Å². The predicted molar refractivity (Wildman–Crippen MR) is 106 cm³/mol. The van der Waals surface area contributed by atoms with Gasteiger partial charge >= 0.3 is 6.09 Å². The molecule has 0 fully saturated rings. The van der Waals surface area contributed by atoms with E-state index >= 15 is 0 Å². The number of nitrogens with one attached hydrogen (secondary N) is 1. The van der Waals surface area contributed by atoms with Gasteiger partial charge in [0.25, 0.3) is 11.6 Å². The molecule has 10 heteroatoms. The van der Waals surface area contributed by atoms with Gasteiger partial charge in [0.15, 0.2) is 0 Å². The quantitative estimate of drug-likeness (QED) is 0.603. The Morgan fingerprint density at radius 3 is 2.70 bits per heavy atom. The molecule has 0 bridgehead atoms. The van der Waals surface area contributed by atoms with Gasteiger partial charge in [-0.2, -0.15) is 0 Å². The zero-order valence-electron chi connectivity index (χ0n) is 16.8. The molecular formula is C20H21FN4O5. The van der Waals surface area contributed by atoms with Gasteiger partial charge in [0.2, 0.25) is 0 Å². The topological polar surface area (TPSA) is 115 Å². The molecule has 0 aliphatic carbocycles. The van der Waals surface area contributed by atoms with E-state index in [2.05, 4.69) is 10.3 Å². The fourth-order valence-corrected chi connectivity index (χ4v) is 3.02. The predicted octanol–water partition coefficient (Wildman–Crippen LogP) is 3.67. The summed E-state index contributed by atoms with van der Waals surface area (Å²) in [6, 6.07) is 4.31. The molecule has 158 valence electrons. The minimum atomic E-state index is -0.831. The van der Waals surface area contributed by atoms with Crippen LogP contribution in [0.1, 0.15) is 42.4 Å². The summed E-state index contributed by atoms with van der Waals surface area (Å²) in [6.45, 7) is 6.05. The second-order valence-electron chi connectivity index (χ2n) is 7.85. The third kappa shape index (κ3) is 4.88. The Hall–Kier alpha value is -3.56. The molecule has 9 nitrogen and oxygen atoms in total. The average molecular weight is 416 g/mol. The van der Waals surface area contributed by atoms with Gasteiger partial charge in [0.1, 0.15) is 17.0 Å². The van der Waals surface area contributed by atoms with Crippen LogP contribution in [0.2, 0.25) is 0 Å². The van der Waals surface area contributed by atoms with Crippen molar-refractivity contribution in [2.45, 2.75) is 39.3 Å². The minimum absolute atomic E-state index is 0.251. The number of rotatable bonds is 3. The van der Waals surface area contributed by atoms with E-state index in [1.807, 2.05) is 0 Å². The van der Waals surface area contributed by atoms with E-state index in [1.165, 1.54) is 11.1 Å². The van der Waals surface area contributed by atoms with Crippen LogP contribution in [-0.4, -0.2) is 39.0 Å². The number of aromatic nitrogens is 1. The fraction of sp³-hybridized carbons (Fsp3) is 0.350. The van der Waals surface area contributed by atoms with E-state index in [4.69, 9.17) is 4.74 Å². The smallest absolute Gasteiger partial charge is 0.410 e. The molecular weight excluding hydrogens is 395 g/mol. The van der Waals surface area contributed by atoms with Crippen LogP contribution in [0.15, 0.2) is 30.5 Å². The van der Waals surface area contributed by atoms with Crippen LogP contribution >= 0.6 is 0 Å². The summed E-state index contributed by atoms with van der Waals surface area (Å²) in [5.74, 6) is -1.59. The first-order chi connectivity index (χ1) is 14.0. The number of benzene rings is 1. The van der Waals surface area contributed by atoms with Gasteiger partial charge in [-0.15, -0.1) is 0 Å². The number of hydrogen-bond acceptors (Lipinski definition) is 6. The van der Waals surface area contributed by atoms with Crippen molar-refractivity contribution in [3.63, 3.8) is 0 Å². The Bertz CT molecular complexity index is 1020. The summed E-state index contributed by atoms with van der Waals surface area (Å²) in [5, 5.41) is 13.6. The molecule has 2 amide bonds. The van der Waals surface area contributed by atoms with Gasteiger partial charge in [-0.05, 0) is 44.5 Å². The first-order valence-corrected chi connectivity index (χ1v) is 9.24. The standard InChI is InChI=1S/C20H21FN4O5/c1-20(2,3)30-19(27)24-7-6-16-12(11-24)8-14(10-22-16)23-18(26)15-9-13(21)4-5-17(15)25(28)29/h4-5,8-10H,6-7,11H2,1-3H3,(H,23,26). The molecule has 1 N–H and O–H groups in total. The zero-order valence-corrected chi connectivity index (χ0v) is 16.8. The van der Waals surface area contributed by atoms with Crippen molar-refractivity contribution in [3.8, 4) is 0 Å². The molecule has 2 aromatic rings. The van der Waals surface area contributed by atoms with E-state index in [9.17, 15) is 24.1 Å². The number of carbonyl (C=O) groups is 2. The van der Waals surface area contributed by atoms with Crippen LogP contribution in [0.5, 0.6) is 0 Å². The van der Waals surface area contributed by atoms with Gasteiger partial charge in [-0.25, -0.2) is 9.18 Å². The summed E-state index contributed by atoms with van der Waals surface area (Å²) in [7, 11) is 0. The number of halogens is 1. The van der Waals surface area contributed by atoms with Gasteiger partial charge < -0.3 is 15.0 Å². The summed E-state index contributed by atoms with van der Waals surface area (Å²) in [5.41, 5.74) is 0.265. The number of hydrogen-bond donors (Lipinski definition) is 1. The number of pyridine rings is 1. The minimum Gasteiger partial charge on any atom is -0.444 e. The molecule has 1 aliphatic rings. The van der Waals surface area contributed by atoms with E-state index in [0.29, 0.717) is 13.0 Å². The van der Waals surface area contributed by atoms with Crippen molar-refractivity contribution in [1.82, 2.24) is 9.88 Å². The van der Waals surface area contributed by atoms with Crippen molar-refractivity contribution in [1.29, 1.82) is 0 Å². The highest BCUT2D eigenvalue weighted by Crippen LogP contribution is 2.24. The van der Waals surface area contributed by atoms with E-state index in [1.54, 1.807) is 26.8 Å². The number of nitrogens with zero attached hydrogens (tertiary/aromatic N) is 3. The number of amides is 2. The highest BCUT2D eigenvalue weighted by atomic mass is 19.1. The maximum atomic E-state index is 13.5. The first kappa shape index (κ1) is 21.2. The molecule has 2 heterocycles. The van der Waals surface area contributed by atoms with Gasteiger partial charge in [-0.3, -0.25) is 19.9 Å². The average Bonchev–Trinajstić information content (AvgIpc) is 2.65. The van der Waals surface area contributed by atoms with Crippen LogP contribution in [0.25, 0.3) is 0 Å². The molecule has 3 rings (SSSR count). The molecule has 1 aliphatic heterocycles. The van der Waals surface area contributed by atoms with E-state index in [0.717, 1.165) is 29.5 Å². The second-order valence-corrected chi connectivity index (χ2v) is 7.85. The summed E-state index contributed by atoms with van der Waals surface area (Å²) >= 11 is 0. The van der Waals surface area contributed by atoms with Gasteiger partial charge in [0, 0.05) is 24.7 Å². The molecule has 0 saturated carbocycles. The van der Waals surface area contributed by atoms with Crippen LogP contribution in [-0.2, 0) is 17.7 Å². The second kappa shape index (κ2) is 8.05. The Morgan fingerprint density at radius 1 is 1.30 bits per heavy atom. The fourth-order valence-electron chi connectivity index (χ4n) is 3.02. The molecule has 0 saturated heterocycles. The normalized spacial score (nSPS) is 13.4. The molecule has 1 aromatic heterocycles. The van der Waals surface area contributed by atoms with Gasteiger partial charge in [0.05, 0.1) is 23.4 Å². The monoisotopic (exact) mass is 416 g/mol. The summed E-state index contributed by atoms with van der Waals surface area (Å²) < 4.78 is 18.9. The highest BCUT2D eigenvalue weighted by molar-refractivity contribution is 6.07. The van der Waals surface area contributed by atoms with Gasteiger partial charge in [-0.1, -0.05) is 0 Å². The third-order valence-corrected chi connectivity index (χ3v) is 4.35. The van der Waals surface area contributed by atoms with Crippen LogP contribution < -0.4 is 5.32 Å². The molecule has 0 atom stereocenters. The Morgan fingerprint density at radius 2 is 2.03 bits per heavy atom. The Balaban J connectivity index is 1.78. The van der Waals surface area contributed by atoms with E-state index < -0.39 is 39.6 Å². The Labute approximate surface area is 172 Å². The molecule has 0 spiro atoms. The van der Waals surface area contributed by atoms with Crippen molar-refractivity contribution >= 4 is 23.4 Å². The number of carbonyl (C=O) groups excluding carboxylic acids is 2. The van der Waals surface area contributed by atoms with Crippen molar-refractivity contribution in [3.05, 3.63) is 63.2 Å². The lowest BCUT2D eigenvalue weighted by Crippen LogP contribution is -2.40. The molecule has 0 unspecified atom stereocenters. The number of fused-ring (bicyclic) bond motifs is 1. The number of nitro benzene ring substituents is 1. The van der Waals surface area contributed by atoms with Crippen LogP contribution in [0.3, 0.4) is 0 Å². The maximum absolute atomic E-state index is 13.5.